The number of ether oxygens (including phenoxy) is 1. The molecule has 1 unspecified atom stereocenters. The number of aliphatic imine (C=N–C) groups is 1. The Kier molecular flexibility index (Phi) is 2.99. The SMILES string of the molecule is Cc1cc(CCC2CO[C]=N2)ccc1F. The molecule has 0 fully saturated rings. The number of hydrogen-bond donors (Lipinski definition) is 0. The first-order valence-corrected chi connectivity index (χ1v) is 5.07. The number of benzene rings is 1. The maximum absolute atomic E-state index is 13.0. The summed E-state index contributed by atoms with van der Waals surface area (Å²) < 4.78 is 17.9. The summed E-state index contributed by atoms with van der Waals surface area (Å²) in [7, 11) is 0. The minimum Gasteiger partial charge on any atom is -0.472 e. The van der Waals surface area contributed by atoms with E-state index in [1.807, 2.05) is 12.1 Å². The lowest BCUT2D eigenvalue weighted by atomic mass is 10.0. The van der Waals surface area contributed by atoms with Crippen LogP contribution < -0.4 is 0 Å². The van der Waals surface area contributed by atoms with Crippen LogP contribution in [0.1, 0.15) is 17.5 Å². The molecule has 15 heavy (non-hydrogen) atoms. The normalized spacial score (nSPS) is 19.2. The van der Waals surface area contributed by atoms with Crippen LogP contribution >= 0.6 is 0 Å². The van der Waals surface area contributed by atoms with Crippen LogP contribution in [0.5, 0.6) is 0 Å². The molecule has 1 aliphatic rings. The van der Waals surface area contributed by atoms with Crippen LogP contribution in [0.25, 0.3) is 0 Å². The Hall–Kier alpha value is -1.38. The van der Waals surface area contributed by atoms with Crippen molar-refractivity contribution in [3.63, 3.8) is 0 Å². The molecule has 0 N–H and O–H groups in total. The van der Waals surface area contributed by atoms with Gasteiger partial charge in [0.2, 0.25) is 0 Å². The lowest BCUT2D eigenvalue weighted by Gasteiger charge is -2.06. The van der Waals surface area contributed by atoms with Crippen LogP contribution in [0.15, 0.2) is 23.2 Å². The van der Waals surface area contributed by atoms with Crippen molar-refractivity contribution >= 4 is 6.40 Å². The van der Waals surface area contributed by atoms with Gasteiger partial charge >= 0.3 is 0 Å². The Bertz CT molecular complexity index is 376. The van der Waals surface area contributed by atoms with Crippen molar-refractivity contribution in [1.82, 2.24) is 0 Å². The molecule has 0 amide bonds. The zero-order chi connectivity index (χ0) is 10.7. The maximum atomic E-state index is 13.0. The molecule has 1 aliphatic heterocycles. The lowest BCUT2D eigenvalue weighted by molar-refractivity contribution is 0.322. The largest absolute Gasteiger partial charge is 0.472 e. The van der Waals surface area contributed by atoms with Crippen molar-refractivity contribution in [2.45, 2.75) is 25.8 Å². The summed E-state index contributed by atoms with van der Waals surface area (Å²) in [5, 5.41) is 0. The summed E-state index contributed by atoms with van der Waals surface area (Å²) in [6.45, 7) is 2.41. The quantitative estimate of drug-likeness (QED) is 0.744. The molecule has 2 rings (SSSR count). The smallest absolute Gasteiger partial charge is 0.273 e. The molecule has 0 aliphatic carbocycles. The van der Waals surface area contributed by atoms with E-state index in [0.717, 1.165) is 18.4 Å². The molecule has 0 saturated carbocycles. The summed E-state index contributed by atoms with van der Waals surface area (Å²) in [4.78, 5) is 4.04. The molecule has 1 atom stereocenters. The summed E-state index contributed by atoms with van der Waals surface area (Å²) in [5.74, 6) is -0.144. The van der Waals surface area contributed by atoms with Gasteiger partial charge in [-0.25, -0.2) is 9.38 Å². The summed E-state index contributed by atoms with van der Waals surface area (Å²) in [6, 6.07) is 5.45. The molecular formula is C12H13FNO. The maximum Gasteiger partial charge on any atom is 0.273 e. The Labute approximate surface area is 88.8 Å². The Morgan fingerprint density at radius 3 is 3.13 bits per heavy atom. The third-order valence-electron chi connectivity index (χ3n) is 2.56. The molecule has 0 spiro atoms. The van der Waals surface area contributed by atoms with Crippen molar-refractivity contribution in [2.75, 3.05) is 6.61 Å². The van der Waals surface area contributed by atoms with E-state index < -0.39 is 0 Å². The number of nitrogens with zero attached hydrogens (tertiary/aromatic N) is 1. The van der Waals surface area contributed by atoms with Gasteiger partial charge in [-0.1, -0.05) is 12.1 Å². The van der Waals surface area contributed by atoms with Crippen molar-refractivity contribution in [3.05, 3.63) is 35.1 Å². The average Bonchev–Trinajstić information content (AvgIpc) is 2.73. The molecule has 0 bridgehead atoms. The second-order valence-electron chi connectivity index (χ2n) is 3.81. The van der Waals surface area contributed by atoms with Gasteiger partial charge in [-0.2, -0.15) is 0 Å². The zero-order valence-electron chi connectivity index (χ0n) is 8.66. The van der Waals surface area contributed by atoms with E-state index in [1.165, 1.54) is 6.07 Å². The predicted octanol–water partition coefficient (Wildman–Crippen LogP) is 2.37. The monoisotopic (exact) mass is 206 g/mol. The number of aryl methyl sites for hydroxylation is 2. The van der Waals surface area contributed by atoms with Gasteiger partial charge in [-0.3, -0.25) is 0 Å². The fraction of sp³-hybridized carbons (Fsp3) is 0.417. The first kappa shape index (κ1) is 10.1. The molecule has 3 heteroatoms. The summed E-state index contributed by atoms with van der Waals surface area (Å²) >= 11 is 0. The highest BCUT2D eigenvalue weighted by molar-refractivity contribution is 5.48. The van der Waals surface area contributed by atoms with Gasteiger partial charge in [0, 0.05) is 0 Å². The minimum atomic E-state index is -0.144. The van der Waals surface area contributed by atoms with Gasteiger partial charge in [-0.05, 0) is 37.0 Å². The predicted molar refractivity (Wildman–Crippen MR) is 56.6 cm³/mol. The fourth-order valence-electron chi connectivity index (χ4n) is 1.63. The zero-order valence-corrected chi connectivity index (χ0v) is 8.66. The summed E-state index contributed by atoms with van der Waals surface area (Å²) in [6.07, 6.45) is 4.33. The molecule has 79 valence electrons. The number of hydrogen-bond acceptors (Lipinski definition) is 2. The summed E-state index contributed by atoms with van der Waals surface area (Å²) in [5.41, 5.74) is 1.85. The molecule has 2 nitrogen and oxygen atoms in total. The van der Waals surface area contributed by atoms with Gasteiger partial charge in [0.15, 0.2) is 0 Å². The molecule has 1 radical (unpaired) electrons. The second kappa shape index (κ2) is 4.43. The molecular weight excluding hydrogens is 193 g/mol. The third kappa shape index (κ3) is 2.55. The first-order chi connectivity index (χ1) is 7.25. The Morgan fingerprint density at radius 2 is 2.47 bits per heavy atom. The van der Waals surface area contributed by atoms with Crippen molar-refractivity contribution in [2.24, 2.45) is 4.99 Å². The van der Waals surface area contributed by atoms with Gasteiger partial charge in [0.25, 0.3) is 6.40 Å². The highest BCUT2D eigenvalue weighted by Crippen LogP contribution is 2.13. The topological polar surface area (TPSA) is 21.6 Å². The van der Waals surface area contributed by atoms with Crippen molar-refractivity contribution in [3.8, 4) is 0 Å². The molecule has 1 aromatic rings. The molecule has 0 saturated heterocycles. The van der Waals surface area contributed by atoms with Gasteiger partial charge in [0.1, 0.15) is 12.4 Å². The van der Waals surface area contributed by atoms with Crippen LogP contribution in [-0.2, 0) is 11.2 Å². The van der Waals surface area contributed by atoms with E-state index in [0.29, 0.717) is 12.2 Å². The van der Waals surface area contributed by atoms with E-state index in [9.17, 15) is 4.39 Å². The van der Waals surface area contributed by atoms with Crippen LogP contribution in [-0.4, -0.2) is 19.0 Å². The molecule has 0 aromatic heterocycles. The Morgan fingerprint density at radius 1 is 1.60 bits per heavy atom. The minimum absolute atomic E-state index is 0.144. The van der Waals surface area contributed by atoms with Crippen LogP contribution in [0.4, 0.5) is 4.39 Å². The second-order valence-corrected chi connectivity index (χ2v) is 3.81. The standard InChI is InChI=1S/C12H13FNO/c1-9-6-10(3-5-12(9)13)2-4-11-7-15-8-14-11/h3,5-6,11H,2,4,7H2,1H3. The van der Waals surface area contributed by atoms with Crippen molar-refractivity contribution < 1.29 is 9.13 Å². The van der Waals surface area contributed by atoms with E-state index >= 15 is 0 Å². The Balaban J connectivity index is 1.93. The third-order valence-corrected chi connectivity index (χ3v) is 2.56. The average molecular weight is 206 g/mol. The van der Waals surface area contributed by atoms with E-state index in [1.54, 1.807) is 6.92 Å². The number of halogens is 1. The van der Waals surface area contributed by atoms with Crippen molar-refractivity contribution in [1.29, 1.82) is 0 Å². The van der Waals surface area contributed by atoms with Gasteiger partial charge < -0.3 is 4.74 Å². The van der Waals surface area contributed by atoms with Crippen LogP contribution in [0.2, 0.25) is 0 Å². The first-order valence-electron chi connectivity index (χ1n) is 5.07. The number of rotatable bonds is 3. The van der Waals surface area contributed by atoms with Gasteiger partial charge in [-0.15, -0.1) is 0 Å². The van der Waals surface area contributed by atoms with Crippen LogP contribution in [0, 0.1) is 12.7 Å². The molecule has 1 aromatic carbocycles. The van der Waals surface area contributed by atoms with E-state index in [4.69, 9.17) is 4.74 Å². The van der Waals surface area contributed by atoms with E-state index in [2.05, 4.69) is 11.4 Å². The lowest BCUT2D eigenvalue weighted by Crippen LogP contribution is -2.07. The van der Waals surface area contributed by atoms with Crippen LogP contribution in [0.3, 0.4) is 0 Å². The highest BCUT2D eigenvalue weighted by Gasteiger charge is 2.12. The highest BCUT2D eigenvalue weighted by atomic mass is 19.1. The fourth-order valence-corrected chi connectivity index (χ4v) is 1.63. The van der Waals surface area contributed by atoms with E-state index in [-0.39, 0.29) is 11.9 Å². The van der Waals surface area contributed by atoms with Gasteiger partial charge in [0.05, 0.1) is 6.04 Å². The molecule has 1 heterocycles.